The standard InChI is InChI=1S/C23H26N6O2/c1-15(2)25-23(31)24-13-12-20(30)29-14-16-8-4-5-9-17(16)22-21(26-27-28(22)3)18-10-6-7-11-19(18)29/h4-11,15H,12-14H2,1-3H3,(H2,24,25,31). The van der Waals surface area contributed by atoms with Crippen LogP contribution in [0.1, 0.15) is 25.8 Å². The minimum atomic E-state index is -0.273. The van der Waals surface area contributed by atoms with Gasteiger partial charge in [-0.15, -0.1) is 5.10 Å². The Hall–Kier alpha value is -3.68. The van der Waals surface area contributed by atoms with Crippen molar-refractivity contribution in [1.29, 1.82) is 0 Å². The molecule has 0 radical (unpaired) electrons. The molecule has 3 aromatic rings. The predicted molar refractivity (Wildman–Crippen MR) is 119 cm³/mol. The number of nitrogens with one attached hydrogen (secondary N) is 2. The maximum atomic E-state index is 13.3. The van der Waals surface area contributed by atoms with Gasteiger partial charge in [0.1, 0.15) is 5.69 Å². The largest absolute Gasteiger partial charge is 0.338 e. The summed E-state index contributed by atoms with van der Waals surface area (Å²) in [7, 11) is 1.88. The van der Waals surface area contributed by atoms with Crippen molar-refractivity contribution < 1.29 is 9.59 Å². The summed E-state index contributed by atoms with van der Waals surface area (Å²) in [6.07, 6.45) is 0.190. The van der Waals surface area contributed by atoms with Crippen LogP contribution in [0, 0.1) is 0 Å². The molecule has 0 atom stereocenters. The number of nitrogens with zero attached hydrogens (tertiary/aromatic N) is 4. The molecule has 31 heavy (non-hydrogen) atoms. The highest BCUT2D eigenvalue weighted by Crippen LogP contribution is 2.40. The minimum Gasteiger partial charge on any atom is -0.338 e. The lowest BCUT2D eigenvalue weighted by atomic mass is 9.95. The molecule has 2 N–H and O–H groups in total. The topological polar surface area (TPSA) is 92.2 Å². The van der Waals surface area contributed by atoms with Crippen molar-refractivity contribution in [2.45, 2.75) is 32.9 Å². The van der Waals surface area contributed by atoms with E-state index in [0.29, 0.717) is 6.54 Å². The Kier molecular flexibility index (Phi) is 5.70. The van der Waals surface area contributed by atoms with Crippen molar-refractivity contribution in [2.75, 3.05) is 11.4 Å². The fraction of sp³-hybridized carbons (Fsp3) is 0.304. The first-order valence-corrected chi connectivity index (χ1v) is 10.4. The third kappa shape index (κ3) is 4.14. The number of carbonyl (C=O) groups excluding carboxylic acids is 2. The molecule has 0 fully saturated rings. The summed E-state index contributed by atoms with van der Waals surface area (Å²) < 4.78 is 1.78. The number of fused-ring (bicyclic) bond motifs is 5. The van der Waals surface area contributed by atoms with Crippen molar-refractivity contribution in [2.24, 2.45) is 7.05 Å². The first-order valence-electron chi connectivity index (χ1n) is 10.4. The Morgan fingerprint density at radius 3 is 2.55 bits per heavy atom. The lowest BCUT2D eigenvalue weighted by Gasteiger charge is -2.28. The fourth-order valence-electron chi connectivity index (χ4n) is 3.85. The number of amides is 3. The molecule has 2 heterocycles. The van der Waals surface area contributed by atoms with Gasteiger partial charge in [-0.2, -0.15) is 0 Å². The number of aromatic nitrogens is 3. The molecule has 0 saturated heterocycles. The molecule has 0 saturated carbocycles. The Morgan fingerprint density at radius 2 is 1.77 bits per heavy atom. The van der Waals surface area contributed by atoms with Gasteiger partial charge in [-0.3, -0.25) is 4.79 Å². The van der Waals surface area contributed by atoms with E-state index in [9.17, 15) is 9.59 Å². The molecule has 2 aromatic carbocycles. The normalized spacial score (nSPS) is 12.3. The number of rotatable bonds is 4. The first-order chi connectivity index (χ1) is 15.0. The molecule has 8 nitrogen and oxygen atoms in total. The van der Waals surface area contributed by atoms with Crippen LogP contribution in [0.25, 0.3) is 22.5 Å². The van der Waals surface area contributed by atoms with Crippen molar-refractivity contribution >= 4 is 17.6 Å². The van der Waals surface area contributed by atoms with Gasteiger partial charge in [0.05, 0.1) is 17.9 Å². The van der Waals surface area contributed by atoms with E-state index in [2.05, 4.69) is 20.9 Å². The number of hydrogen-bond acceptors (Lipinski definition) is 4. The SMILES string of the molecule is CC(C)NC(=O)NCCC(=O)N1Cc2ccccc2-c2c(nnn2C)-c2ccccc21. The zero-order valence-corrected chi connectivity index (χ0v) is 17.9. The van der Waals surface area contributed by atoms with E-state index >= 15 is 0 Å². The molecule has 0 aliphatic carbocycles. The van der Waals surface area contributed by atoms with Crippen molar-refractivity contribution in [3.8, 4) is 22.5 Å². The van der Waals surface area contributed by atoms with Crippen LogP contribution in [0.15, 0.2) is 48.5 Å². The van der Waals surface area contributed by atoms with Crippen molar-refractivity contribution in [3.05, 3.63) is 54.1 Å². The summed E-state index contributed by atoms with van der Waals surface area (Å²) in [5.74, 6) is -0.0700. The van der Waals surface area contributed by atoms with Crippen molar-refractivity contribution in [3.63, 3.8) is 0 Å². The maximum absolute atomic E-state index is 13.3. The highest BCUT2D eigenvalue weighted by atomic mass is 16.2. The van der Waals surface area contributed by atoms with Crippen LogP contribution >= 0.6 is 0 Å². The number of urea groups is 1. The molecule has 0 unspecified atom stereocenters. The summed E-state index contributed by atoms with van der Waals surface area (Å²) in [4.78, 5) is 26.9. The third-order valence-electron chi connectivity index (χ3n) is 5.22. The maximum Gasteiger partial charge on any atom is 0.315 e. The second-order valence-electron chi connectivity index (χ2n) is 7.87. The Morgan fingerprint density at radius 1 is 1.06 bits per heavy atom. The van der Waals surface area contributed by atoms with Gasteiger partial charge in [-0.25, -0.2) is 9.48 Å². The van der Waals surface area contributed by atoms with E-state index in [0.717, 1.165) is 33.8 Å². The second kappa shape index (κ2) is 8.59. The lowest BCUT2D eigenvalue weighted by Crippen LogP contribution is -2.41. The van der Waals surface area contributed by atoms with E-state index in [1.165, 1.54) is 0 Å². The highest BCUT2D eigenvalue weighted by molar-refractivity contribution is 6.00. The van der Waals surface area contributed by atoms with Gasteiger partial charge < -0.3 is 15.5 Å². The lowest BCUT2D eigenvalue weighted by molar-refractivity contribution is -0.118. The third-order valence-corrected chi connectivity index (χ3v) is 5.22. The summed E-state index contributed by atoms with van der Waals surface area (Å²) in [5.41, 5.74) is 5.35. The molecule has 0 spiro atoms. The van der Waals surface area contributed by atoms with Gasteiger partial charge >= 0.3 is 6.03 Å². The van der Waals surface area contributed by atoms with Crippen LogP contribution in [-0.2, 0) is 18.4 Å². The summed E-state index contributed by atoms with van der Waals surface area (Å²) in [6, 6.07) is 15.5. The number of carbonyl (C=O) groups is 2. The van der Waals surface area contributed by atoms with Crippen LogP contribution in [0.4, 0.5) is 10.5 Å². The molecule has 160 valence electrons. The highest BCUT2D eigenvalue weighted by Gasteiger charge is 2.28. The van der Waals surface area contributed by atoms with Gasteiger partial charge in [0.15, 0.2) is 0 Å². The molecule has 1 aliphatic heterocycles. The van der Waals surface area contributed by atoms with Gasteiger partial charge in [0.25, 0.3) is 0 Å². The summed E-state index contributed by atoms with van der Waals surface area (Å²) >= 11 is 0. The smallest absolute Gasteiger partial charge is 0.315 e. The fourth-order valence-corrected chi connectivity index (χ4v) is 3.85. The summed E-state index contributed by atoms with van der Waals surface area (Å²) in [6.45, 7) is 4.46. The van der Waals surface area contributed by atoms with Crippen LogP contribution in [0.3, 0.4) is 0 Å². The zero-order valence-electron chi connectivity index (χ0n) is 17.9. The average molecular weight is 419 g/mol. The number of para-hydroxylation sites is 1. The van der Waals surface area contributed by atoms with E-state index in [4.69, 9.17) is 0 Å². The molecular weight excluding hydrogens is 392 g/mol. The van der Waals surface area contributed by atoms with Gasteiger partial charge in [0, 0.05) is 37.2 Å². The molecule has 3 amide bonds. The Bertz CT molecular complexity index is 1120. The number of hydrogen-bond donors (Lipinski definition) is 2. The van der Waals surface area contributed by atoms with Crippen LogP contribution in [0.5, 0.6) is 0 Å². The van der Waals surface area contributed by atoms with Gasteiger partial charge in [0.2, 0.25) is 5.91 Å². The Labute approximate surface area is 181 Å². The van der Waals surface area contributed by atoms with E-state index in [1.807, 2.05) is 69.4 Å². The molecule has 4 rings (SSSR count). The molecule has 1 aliphatic rings. The number of aryl methyl sites for hydroxylation is 1. The second-order valence-corrected chi connectivity index (χ2v) is 7.87. The molecule has 0 bridgehead atoms. The van der Waals surface area contributed by atoms with E-state index < -0.39 is 0 Å². The predicted octanol–water partition coefficient (Wildman–Crippen LogP) is 3.09. The van der Waals surface area contributed by atoms with Crippen LogP contribution < -0.4 is 15.5 Å². The molecule has 8 heteroatoms. The van der Waals surface area contributed by atoms with E-state index in [1.54, 1.807) is 9.58 Å². The number of benzene rings is 2. The monoisotopic (exact) mass is 418 g/mol. The molecular formula is C23H26N6O2. The summed E-state index contributed by atoms with van der Waals surface area (Å²) in [5, 5.41) is 14.2. The average Bonchev–Trinajstić information content (AvgIpc) is 3.11. The molecule has 1 aromatic heterocycles. The number of anilines is 1. The van der Waals surface area contributed by atoms with Gasteiger partial charge in [-0.05, 0) is 25.5 Å². The van der Waals surface area contributed by atoms with Crippen LogP contribution in [-0.4, -0.2) is 39.5 Å². The van der Waals surface area contributed by atoms with Gasteiger partial charge in [-0.1, -0.05) is 47.7 Å². The van der Waals surface area contributed by atoms with Crippen molar-refractivity contribution in [1.82, 2.24) is 25.6 Å². The minimum absolute atomic E-state index is 0.0367. The van der Waals surface area contributed by atoms with E-state index in [-0.39, 0.29) is 30.9 Å². The Balaban J connectivity index is 1.68. The quantitative estimate of drug-likeness (QED) is 0.681. The first kappa shape index (κ1) is 20.6. The zero-order chi connectivity index (χ0) is 22.0. The van der Waals surface area contributed by atoms with Crippen LogP contribution in [0.2, 0.25) is 0 Å².